The summed E-state index contributed by atoms with van der Waals surface area (Å²) in [5, 5.41) is 47.2. The van der Waals surface area contributed by atoms with Crippen molar-refractivity contribution in [1.29, 1.82) is 0 Å². The molecule has 0 aliphatic carbocycles. The molecule has 8 aliphatic heterocycles. The Morgan fingerprint density at radius 3 is 1.37 bits per heavy atom. The van der Waals surface area contributed by atoms with Gasteiger partial charge in [0, 0.05) is 248 Å². The van der Waals surface area contributed by atoms with Crippen LogP contribution in [0.25, 0.3) is 43.6 Å². The van der Waals surface area contributed by atoms with Gasteiger partial charge >= 0.3 is 18.9 Å². The van der Waals surface area contributed by atoms with E-state index in [2.05, 4.69) is 204 Å². The first-order valence-corrected chi connectivity index (χ1v) is 44.8. The molecule has 7 aromatic carbocycles. The summed E-state index contributed by atoms with van der Waals surface area (Å²) in [4.78, 5) is 60.5. The molecule has 5 N–H and O–H groups in total. The number of aliphatic carboxylic acids is 2. The number of nitrogens with zero attached hydrogens (tertiary/aromatic N) is 13. The second-order valence-electron chi connectivity index (χ2n) is 33.2. The third-order valence-electron chi connectivity index (χ3n) is 24.5. The summed E-state index contributed by atoms with van der Waals surface area (Å²) in [7, 11) is 3.90. The second kappa shape index (κ2) is 50.9. The van der Waals surface area contributed by atoms with E-state index in [1.807, 2.05) is 94.4 Å². The zero-order valence-electron chi connectivity index (χ0n) is 73.6. The van der Waals surface area contributed by atoms with Crippen molar-refractivity contribution in [3.8, 4) is 0 Å². The number of aryl methyl sites for hydroxylation is 2. The number of hydrogen-bond acceptors (Lipinski definition) is 18. The molecule has 668 valence electrons. The van der Waals surface area contributed by atoms with Crippen LogP contribution in [0.2, 0.25) is 0 Å². The van der Waals surface area contributed by atoms with E-state index in [-0.39, 0.29) is 75.9 Å². The zero-order chi connectivity index (χ0) is 84.9. The van der Waals surface area contributed by atoms with Crippen LogP contribution in [0.5, 0.6) is 0 Å². The van der Waals surface area contributed by atoms with Crippen molar-refractivity contribution >= 4 is 123 Å². The average molecular weight is 1870 g/mol. The Morgan fingerprint density at radius 2 is 0.880 bits per heavy atom. The summed E-state index contributed by atoms with van der Waals surface area (Å²) < 4.78 is 25.6. The third kappa shape index (κ3) is 29.3. The van der Waals surface area contributed by atoms with Crippen molar-refractivity contribution < 1.29 is 89.0 Å². The molecule has 0 radical (unpaired) electrons. The second-order valence-corrected chi connectivity index (χ2v) is 33.9. The maximum atomic E-state index is 13.7. The van der Waals surface area contributed by atoms with Crippen molar-refractivity contribution in [2.75, 3.05) is 150 Å². The molecule has 3 atom stereocenters. The van der Waals surface area contributed by atoms with Gasteiger partial charge in [-0.2, -0.15) is 20.4 Å². The van der Waals surface area contributed by atoms with E-state index in [4.69, 9.17) is 38.7 Å². The maximum absolute atomic E-state index is 13.7. The number of ether oxygens (including phenoxy) is 4. The minimum atomic E-state index is -0.833. The van der Waals surface area contributed by atoms with E-state index in [1.165, 1.54) is 90.2 Å². The van der Waals surface area contributed by atoms with Gasteiger partial charge in [0.15, 0.2) is 17.4 Å². The molecule has 0 spiro atoms. The Bertz CT molecular complexity index is 5040. The molecule has 12 heterocycles. The van der Waals surface area contributed by atoms with E-state index in [0.29, 0.717) is 37.6 Å². The molecule has 125 heavy (non-hydrogen) atoms. The van der Waals surface area contributed by atoms with E-state index >= 15 is 0 Å². The molecular weight excluding hydrogens is 1750 g/mol. The van der Waals surface area contributed by atoms with Gasteiger partial charge in [-0.05, 0) is 184 Å². The van der Waals surface area contributed by atoms with Crippen LogP contribution in [0, 0.1) is 23.7 Å². The number of nitrogens with one attached hydrogen (secondary N) is 3. The standard InChI is InChI=1S/C25H30N4O2.C24H30N4O.C19H20N4O.C17H24N4O.C6H11BrO.2C2H4O2.Al.Li.Pd.4H/c1-27-23-8-7-22(16-21(23)17-26-27)29-12-11-28(18-20-5-3-2-4-6-20)25(30)24(29)15-19-9-13-31-14-10-19;1-2-4-20(5-3-1)17-27-10-11-28(22-6-7-24-21(15-22)16-25-26-24)23(18-27)14-19-8-12-29-13-9-19;1-21-18-8-7-17(11-16(18)12-20-21)22-9-10-23(19(24)14-22)13-15-5-3-2-4-6-15;1-2-17-14(11-19-20-17)10-15(1)21-6-5-18-12-16(21)9-13-3-7-22-8-4-13;7-5-6-1-3-8-4-2-6;2*1-2(3)4;;;;;;;/h2-8,16-17,19,24H,9-15,18H2,1H3;1-7,15-16,19,23H,8-14,17-18H2,(H,25,26);2-8,11-12H,9-10,13-14H2,1H3;1-2,10-11,13,16,18H,3-9,12H2,(H,19,20);6H,1-5H2;2*1H3,(H,3,4);;;;;;;/q;;;;;;;;+1;;;;;-1. The molecule has 26 nitrogen and oxygen atoms in total. The van der Waals surface area contributed by atoms with Gasteiger partial charge in [0.05, 0.1) is 53.4 Å². The minimum absolute atomic E-state index is 0. The van der Waals surface area contributed by atoms with Gasteiger partial charge in [0.1, 0.15) is 6.04 Å². The number of carboxylic acid groups (broad SMARTS) is 2. The Hall–Kier alpha value is -8.47. The summed E-state index contributed by atoms with van der Waals surface area (Å²) in [6.07, 6.45) is 20.4. The molecule has 2 amide bonds. The predicted molar refractivity (Wildman–Crippen MR) is 497 cm³/mol. The van der Waals surface area contributed by atoms with Gasteiger partial charge in [0.2, 0.25) is 11.8 Å². The van der Waals surface area contributed by atoms with Crippen LogP contribution in [0.1, 0.15) is 103 Å². The number of piperazine rings is 4. The first-order chi connectivity index (χ1) is 59.5. The smallest absolute Gasteiger partial charge is 1.00 e. The van der Waals surface area contributed by atoms with E-state index < -0.39 is 11.9 Å². The summed E-state index contributed by atoms with van der Waals surface area (Å²) in [5.74, 6) is 1.74. The molecule has 0 saturated carbocycles. The summed E-state index contributed by atoms with van der Waals surface area (Å²) >= 11 is 3.46. The zero-order valence-corrected chi connectivity index (χ0v) is 75.8. The molecule has 8 aliphatic rings. The third-order valence-corrected chi connectivity index (χ3v) is 25.4. The number of carbonyl (C=O) groups is 4. The molecule has 0 bridgehead atoms. The van der Waals surface area contributed by atoms with Crippen LogP contribution in [0.3, 0.4) is 0 Å². The number of hydrogen-bond donors (Lipinski definition) is 5. The minimum Gasteiger partial charge on any atom is -1.00 e. The number of aromatic amines is 2. The molecule has 30 heteroatoms. The van der Waals surface area contributed by atoms with Crippen molar-refractivity contribution in [3.63, 3.8) is 0 Å². The maximum Gasteiger partial charge on any atom is 1.00 e. The number of rotatable bonds is 17. The van der Waals surface area contributed by atoms with Crippen LogP contribution in [0.15, 0.2) is 189 Å². The van der Waals surface area contributed by atoms with Gasteiger partial charge < -0.3 is 65.3 Å². The average Bonchev–Trinajstić information content (AvgIpc) is 1.74. The normalized spacial score (nSPS) is 19.2. The number of halogens is 1. The topological polar surface area (TPSA) is 273 Å². The molecule has 11 aromatic rings. The van der Waals surface area contributed by atoms with Gasteiger partial charge in [-0.25, -0.2) is 0 Å². The summed E-state index contributed by atoms with van der Waals surface area (Å²) in [6, 6.07) is 58.4. The Labute approximate surface area is 781 Å². The van der Waals surface area contributed by atoms with Gasteiger partial charge in [-0.15, -0.1) is 0 Å². The SMILES string of the molecule is BrCC1CCOCC1.CC(=O)O.CC(=O)O.Cn1ncc2cc(N3CCN(Cc4ccccc4)C(=O)C3)ccc21.Cn1ncc2cc(N3CCN(Cc4ccccc4)C(=O)C3CC3CCOCC3)ccc21.[AlH3].[H-].[Li+].[Pd].c1cc2[nH]ncc2cc1N1CCNCC1CC1CCOCC1.c1ccc(CN2CCN(c3ccc4[nH]ncc4c3)C(CC3CCOCC3)C2)cc1. The summed E-state index contributed by atoms with van der Waals surface area (Å²) in [6.45, 7) is 22.0. The number of carbonyl (C=O) groups excluding carboxylic acids is 2. The van der Waals surface area contributed by atoms with Crippen molar-refractivity contribution in [3.05, 3.63) is 205 Å². The molecule has 8 saturated heterocycles. The fourth-order valence-corrected chi connectivity index (χ4v) is 18.5. The van der Waals surface area contributed by atoms with Crippen LogP contribution in [-0.4, -0.2) is 254 Å². The number of alkyl halides is 1. The Balaban J connectivity index is 0.000000178. The van der Waals surface area contributed by atoms with Crippen molar-refractivity contribution in [2.45, 2.75) is 122 Å². The number of aromatic nitrogens is 8. The number of benzene rings is 7. The van der Waals surface area contributed by atoms with Crippen LogP contribution < -0.4 is 43.8 Å². The number of fused-ring (bicyclic) bond motifs is 4. The Kier molecular flexibility index (Phi) is 40.2. The van der Waals surface area contributed by atoms with Gasteiger partial charge in [0.25, 0.3) is 11.9 Å². The largest absolute Gasteiger partial charge is 1.00 e. The predicted octanol–water partition coefficient (Wildman–Crippen LogP) is 10.2. The van der Waals surface area contributed by atoms with E-state index in [0.717, 1.165) is 225 Å². The van der Waals surface area contributed by atoms with Crippen molar-refractivity contribution in [2.24, 2.45) is 37.8 Å². The Morgan fingerprint density at radius 1 is 0.472 bits per heavy atom. The number of amides is 2. The quantitative estimate of drug-likeness (QED) is 0.0419. The molecule has 4 aromatic heterocycles. The first-order valence-electron chi connectivity index (χ1n) is 43.7. The monoisotopic (exact) mass is 1870 g/mol. The fourth-order valence-electron chi connectivity index (χ4n) is 17.8. The van der Waals surface area contributed by atoms with Crippen molar-refractivity contribution in [1.82, 2.24) is 60.0 Å². The number of anilines is 4. The summed E-state index contributed by atoms with van der Waals surface area (Å²) in [5.41, 5.74) is 13.1. The number of carboxylic acids is 2. The van der Waals surface area contributed by atoms with Crippen LogP contribution in [-0.2, 0) is 92.3 Å². The molecule has 19 rings (SSSR count). The van der Waals surface area contributed by atoms with Crippen LogP contribution in [0.4, 0.5) is 22.7 Å². The van der Waals surface area contributed by atoms with Gasteiger partial charge in [-0.1, -0.05) is 107 Å². The number of H-pyrrole nitrogens is 2. The van der Waals surface area contributed by atoms with Crippen LogP contribution >= 0.6 is 15.9 Å². The fraction of sp³-hybridized carbons (Fsp3) is 0.474. The van der Waals surface area contributed by atoms with E-state index in [1.54, 1.807) is 0 Å². The van der Waals surface area contributed by atoms with E-state index in [9.17, 15) is 9.59 Å². The first kappa shape index (κ1) is 98.7. The molecule has 8 fully saturated rings. The van der Waals surface area contributed by atoms with Gasteiger partial charge in [-0.3, -0.25) is 43.6 Å². The molecular formula is C95H127AlBrLiN16O10Pd. The molecule has 3 unspecified atom stereocenters.